The van der Waals surface area contributed by atoms with Gasteiger partial charge in [0.1, 0.15) is 0 Å². The zero-order valence-corrected chi connectivity index (χ0v) is 83.2. The Bertz CT molecular complexity index is 5290. The minimum Gasteiger partial charge on any atom is -0.379 e. The smallest absolute Gasteiger partial charge is 0.202 e. The predicted molar refractivity (Wildman–Crippen MR) is 532 cm³/mol. The number of likely N-dealkylation sites (tertiary alicyclic amines) is 1. The van der Waals surface area contributed by atoms with Crippen LogP contribution in [0.15, 0.2) is 122 Å². The first-order valence-corrected chi connectivity index (χ1v) is 48.0. The normalized spacial score (nSPS) is 18.3. The van der Waals surface area contributed by atoms with E-state index < -0.39 is 5.60 Å². The van der Waals surface area contributed by atoms with Gasteiger partial charge in [0.05, 0.1) is 38.6 Å². The summed E-state index contributed by atoms with van der Waals surface area (Å²) >= 11 is 0. The molecule has 0 radical (unpaired) electrons. The number of ether oxygens (including phenoxy) is 3. The fraction of sp³-hybridized carbons (Fsp3) is 0.560. The summed E-state index contributed by atoms with van der Waals surface area (Å²) in [5.74, 6) is 1.95. The molecule has 3 saturated heterocycles. The van der Waals surface area contributed by atoms with Gasteiger partial charge >= 0.3 is 0 Å². The van der Waals surface area contributed by atoms with Crippen molar-refractivity contribution in [2.45, 2.75) is 263 Å². The Labute approximate surface area is 783 Å². The van der Waals surface area contributed by atoms with Gasteiger partial charge in [-0.25, -0.2) is 19.9 Å². The molecule has 0 saturated carbocycles. The van der Waals surface area contributed by atoms with Crippen molar-refractivity contribution < 1.29 is 33.4 Å². The number of morpholine rings is 2. The van der Waals surface area contributed by atoms with Gasteiger partial charge < -0.3 is 44.4 Å². The summed E-state index contributed by atoms with van der Waals surface area (Å²) in [6.07, 6.45) is 34.7. The topological polar surface area (TPSA) is 236 Å². The number of nitrogens with zero attached hydrogens (tertiary/aromatic N) is 8. The third-order valence-electron chi connectivity index (χ3n) is 28.0. The van der Waals surface area contributed by atoms with Crippen molar-refractivity contribution >= 4 is 57.8 Å². The molecule has 704 valence electrons. The SMILES string of the molecule is Cc1cnc(C(=O)Cc2ccc(C(C)(C)N3CCCC3)cc2C2=CCC(C)(C)CC2)[nH]1.Cc1cnc(C(=O)Cc2ccc(C(C)(C)NCCN3CCOCC3)cc2C2=CCC(C)(C)CC2)[nH]1.Cc1cnc(C(=O)Cc2ccc(C(C)(C)OCCN(C)C)cc2C2=CCC(C)(C)CC2)[nH]1.Cc1cnc(C(=O)Cc2ccc(CCN3CCOCC3)cc2C2=CCC(C)(C)CC2)[nH]1.Cl. The van der Waals surface area contributed by atoms with Crippen LogP contribution in [0.1, 0.15) is 319 Å². The molecule has 7 aliphatic rings. The molecule has 15 rings (SSSR count). The van der Waals surface area contributed by atoms with Crippen LogP contribution in [0.25, 0.3) is 22.3 Å². The predicted octanol–water partition coefficient (Wildman–Crippen LogP) is 21.5. The summed E-state index contributed by atoms with van der Waals surface area (Å²) in [4.78, 5) is 90.7. The molecule has 4 aromatic heterocycles. The largest absolute Gasteiger partial charge is 0.379 e. The first kappa shape index (κ1) is 102. The highest BCUT2D eigenvalue weighted by Gasteiger charge is 2.35. The van der Waals surface area contributed by atoms with E-state index in [0.717, 1.165) is 213 Å². The minimum atomic E-state index is -0.403. The Morgan fingerprint density at radius 2 is 0.777 bits per heavy atom. The number of nitrogens with one attached hydrogen (secondary N) is 5. The molecule has 7 heterocycles. The van der Waals surface area contributed by atoms with Crippen molar-refractivity contribution in [2.75, 3.05) is 113 Å². The number of imidazole rings is 4. The van der Waals surface area contributed by atoms with Gasteiger partial charge in [0.25, 0.3) is 0 Å². The molecular weight excluding hydrogens is 1640 g/mol. The number of aromatic nitrogens is 8. The highest BCUT2D eigenvalue weighted by atomic mass is 35.5. The summed E-state index contributed by atoms with van der Waals surface area (Å²) < 4.78 is 17.2. The van der Waals surface area contributed by atoms with Gasteiger partial charge in [0, 0.05) is 137 Å². The van der Waals surface area contributed by atoms with Crippen LogP contribution < -0.4 is 5.32 Å². The lowest BCUT2D eigenvalue weighted by molar-refractivity contribution is -0.0269. The minimum absolute atomic E-state index is 0. The number of allylic oxidation sites excluding steroid dienone is 8. The maximum atomic E-state index is 13.0. The lowest BCUT2D eigenvalue weighted by Crippen LogP contribution is -2.44. The van der Waals surface area contributed by atoms with Crippen molar-refractivity contribution in [3.8, 4) is 0 Å². The third-order valence-corrected chi connectivity index (χ3v) is 28.0. The number of carbonyl (C=O) groups excluding carboxylic acids is 4. The second-order valence-corrected chi connectivity index (χ2v) is 42.7. The van der Waals surface area contributed by atoms with Crippen LogP contribution in [0, 0.1) is 49.4 Å². The number of H-pyrrole nitrogens is 4. The van der Waals surface area contributed by atoms with E-state index in [9.17, 15) is 19.2 Å². The summed E-state index contributed by atoms with van der Waals surface area (Å²) in [7, 11) is 4.11. The highest BCUT2D eigenvalue weighted by Crippen LogP contribution is 2.46. The number of likely N-dealkylation sites (N-methyl/N-ethyl adjacent to an activating group) is 1. The molecule has 8 aromatic rings. The number of halogens is 1. The van der Waals surface area contributed by atoms with Crippen LogP contribution in [0.4, 0.5) is 0 Å². The molecule has 3 aliphatic heterocycles. The number of aromatic amines is 4. The van der Waals surface area contributed by atoms with E-state index in [2.05, 4.69) is 273 Å². The number of Topliss-reactive ketones (excluding diaryl/α,β-unsaturated/α-hetero) is 4. The zero-order valence-electron chi connectivity index (χ0n) is 82.4. The van der Waals surface area contributed by atoms with E-state index in [1.165, 1.54) is 86.9 Å². The van der Waals surface area contributed by atoms with Gasteiger partial charge in [-0.05, 0) is 322 Å². The summed E-state index contributed by atoms with van der Waals surface area (Å²) in [5.41, 5.74) is 24.3. The summed E-state index contributed by atoms with van der Waals surface area (Å²) in [5, 5.41) is 3.77. The third kappa shape index (κ3) is 28.7. The van der Waals surface area contributed by atoms with Crippen LogP contribution in [-0.2, 0) is 63.0 Å². The van der Waals surface area contributed by atoms with E-state index in [1.807, 2.05) is 27.7 Å². The van der Waals surface area contributed by atoms with Crippen molar-refractivity contribution in [3.05, 3.63) is 235 Å². The van der Waals surface area contributed by atoms with E-state index in [1.54, 1.807) is 24.8 Å². The average molecular weight is 1790 g/mol. The Balaban J connectivity index is 0.000000167. The zero-order chi connectivity index (χ0) is 92.6. The average Bonchev–Trinajstić information content (AvgIpc) is 1.28. The van der Waals surface area contributed by atoms with Crippen molar-refractivity contribution in [1.29, 1.82) is 0 Å². The van der Waals surface area contributed by atoms with Gasteiger partial charge in [-0.1, -0.05) is 134 Å². The molecule has 5 N–H and O–H groups in total. The van der Waals surface area contributed by atoms with Crippen LogP contribution in [0.2, 0.25) is 0 Å². The van der Waals surface area contributed by atoms with Gasteiger partial charge in [-0.3, -0.25) is 33.9 Å². The first-order chi connectivity index (χ1) is 61.1. The molecule has 0 amide bonds. The fourth-order valence-corrected chi connectivity index (χ4v) is 18.6. The number of carbonyl (C=O) groups is 4. The van der Waals surface area contributed by atoms with E-state index in [-0.39, 0.29) is 46.6 Å². The van der Waals surface area contributed by atoms with Gasteiger partial charge in [0.2, 0.25) is 23.1 Å². The Kier molecular flexibility index (Phi) is 35.2. The monoisotopic (exact) mass is 1790 g/mol. The van der Waals surface area contributed by atoms with Crippen molar-refractivity contribution in [3.63, 3.8) is 0 Å². The van der Waals surface area contributed by atoms with Gasteiger partial charge in [-0.2, -0.15) is 0 Å². The summed E-state index contributed by atoms with van der Waals surface area (Å²) in [6.45, 7) is 54.0. The number of rotatable bonds is 31. The maximum absolute atomic E-state index is 13.0. The fourth-order valence-electron chi connectivity index (χ4n) is 18.6. The molecule has 0 spiro atoms. The number of aryl methyl sites for hydroxylation is 4. The molecule has 3 fully saturated rings. The molecule has 0 atom stereocenters. The second kappa shape index (κ2) is 44.9. The molecule has 4 aromatic carbocycles. The van der Waals surface area contributed by atoms with E-state index in [0.29, 0.717) is 77.2 Å². The van der Waals surface area contributed by atoms with E-state index in [4.69, 9.17) is 14.2 Å². The lowest BCUT2D eigenvalue weighted by atomic mass is 9.75. The highest BCUT2D eigenvalue weighted by molar-refractivity contribution is 5.97. The van der Waals surface area contributed by atoms with Crippen LogP contribution in [0.3, 0.4) is 0 Å². The molecule has 0 bridgehead atoms. The van der Waals surface area contributed by atoms with Crippen molar-refractivity contribution in [2.24, 2.45) is 21.7 Å². The van der Waals surface area contributed by atoms with Crippen LogP contribution in [-0.4, -0.2) is 195 Å². The Morgan fingerprint density at radius 3 is 1.12 bits per heavy atom. The standard InChI is InChI=1S/C29H42N4O2.C27H39N3O2.C27H37N3O.C26H35N3O2.ClH/c1-21-20-30-27(32-21)26(34)18-23-6-7-24(19-25(23)22-8-10-28(2,3)11-9-22)29(4,5)31-12-13-33-14-16-35-17-15-33;1-19-18-28-25(29-19)24(31)16-21-8-9-22(27(4,5)32-15-14-30(6)7)17-23(21)20-10-12-26(2,3)13-11-20;1-19-18-28-25(29-19)24(31)16-21-8-9-22(27(4,5)30-14-6-7-15-30)17-23(21)20-10-12-26(2,3)13-11-20;1-19-18-27-25(28-19)24(30)17-22-5-4-20(8-11-29-12-14-31-15-13-29)16-23(22)21-6-9-26(2,3)10-7-21;/h6-8,19-20,31H,9-18H2,1-5H3,(H,30,32);8-10,17-18H,11-16H2,1-7H3,(H,28,29);8-10,17-18H,6-7,11-16H2,1-5H3,(H,28,29);4-6,16,18H,7-15,17H2,1-3H3,(H,27,28);1H. The second-order valence-electron chi connectivity index (χ2n) is 42.7. The first-order valence-electron chi connectivity index (χ1n) is 48.0. The quantitative estimate of drug-likeness (QED) is 0.0254. The Morgan fingerprint density at radius 1 is 0.446 bits per heavy atom. The number of benzene rings is 4. The number of hydrogen-bond acceptors (Lipinski definition) is 16. The van der Waals surface area contributed by atoms with Gasteiger partial charge in [-0.15, -0.1) is 12.4 Å². The molecule has 0 unspecified atom stereocenters. The number of hydrogen-bond donors (Lipinski definition) is 5. The molecule has 20 nitrogen and oxygen atoms in total. The molecular formula is C109H154ClN13O7. The van der Waals surface area contributed by atoms with Crippen molar-refractivity contribution in [1.82, 2.24) is 64.8 Å². The Hall–Kier alpha value is -8.67. The maximum Gasteiger partial charge on any atom is 0.202 e. The summed E-state index contributed by atoms with van der Waals surface area (Å²) in [6, 6.07) is 26.6. The van der Waals surface area contributed by atoms with Crippen LogP contribution >= 0.6 is 12.4 Å². The number of ketones is 4. The molecule has 4 aliphatic carbocycles. The van der Waals surface area contributed by atoms with Crippen LogP contribution in [0.5, 0.6) is 0 Å². The lowest BCUT2D eigenvalue weighted by Gasteiger charge is -2.37. The van der Waals surface area contributed by atoms with E-state index >= 15 is 0 Å². The molecule has 130 heavy (non-hydrogen) atoms. The molecule has 21 heteroatoms. The van der Waals surface area contributed by atoms with Gasteiger partial charge in [0.15, 0.2) is 23.3 Å².